The molecule has 0 unspecified atom stereocenters. The lowest BCUT2D eigenvalue weighted by Crippen LogP contribution is -2.22. The predicted molar refractivity (Wildman–Crippen MR) is 47.6 cm³/mol. The van der Waals surface area contributed by atoms with Crippen LogP contribution >= 0.6 is 22.6 Å². The summed E-state index contributed by atoms with van der Waals surface area (Å²) in [5.74, 6) is 1.81. The first-order chi connectivity index (χ1) is 4.45. The molecule has 0 bridgehead atoms. The molecule has 56 valence electrons. The van der Waals surface area contributed by atoms with Crippen LogP contribution in [0.25, 0.3) is 0 Å². The summed E-state index contributed by atoms with van der Waals surface area (Å²) in [5, 5.41) is 0. The number of rotatable bonds is 0. The first-order valence-electron chi connectivity index (χ1n) is 2.80. The highest BCUT2D eigenvalue weighted by molar-refractivity contribution is 14.1. The smallest absolute Gasteiger partial charge is 0.385 e. The number of halogens is 1. The molecule has 0 aliphatic rings. The van der Waals surface area contributed by atoms with Gasteiger partial charge in [-0.05, 0) is 24.7 Å². The van der Waals surface area contributed by atoms with Gasteiger partial charge < -0.3 is 4.74 Å². The number of carbonyl (C=O) groups excluding carboxylic acids is 1. The predicted octanol–water partition coefficient (Wildman–Crippen LogP) is 1.72. The van der Waals surface area contributed by atoms with Crippen molar-refractivity contribution in [3.8, 4) is 9.85 Å². The van der Waals surface area contributed by atoms with Crippen molar-refractivity contribution in [1.82, 2.24) is 0 Å². The molecular weight excluding hydrogens is 243 g/mol. The summed E-state index contributed by atoms with van der Waals surface area (Å²) in [5.41, 5.74) is -0.433. The molecule has 0 radical (unpaired) electrons. The molecule has 0 aromatic rings. The highest BCUT2D eigenvalue weighted by Crippen LogP contribution is 2.05. The Hall–Kier alpha value is -0.240. The second-order valence-electron chi connectivity index (χ2n) is 2.72. The zero-order valence-electron chi connectivity index (χ0n) is 6.19. The average Bonchev–Trinajstić information content (AvgIpc) is 1.59. The Balaban J connectivity index is 3.89. The molecule has 2 nitrogen and oxygen atoms in total. The maximum Gasteiger partial charge on any atom is 0.385 e. The van der Waals surface area contributed by atoms with Crippen LogP contribution in [0.1, 0.15) is 20.8 Å². The normalized spacial score (nSPS) is 9.60. The maximum atomic E-state index is 10.7. The highest BCUT2D eigenvalue weighted by Gasteiger charge is 2.13. The van der Waals surface area contributed by atoms with E-state index in [1.54, 1.807) is 43.4 Å². The van der Waals surface area contributed by atoms with Crippen LogP contribution in [0.15, 0.2) is 0 Å². The summed E-state index contributed by atoms with van der Waals surface area (Å²) >= 11 is 1.79. The van der Waals surface area contributed by atoms with E-state index < -0.39 is 11.6 Å². The van der Waals surface area contributed by atoms with E-state index in [2.05, 4.69) is 9.85 Å². The molecule has 0 aliphatic heterocycles. The zero-order chi connectivity index (χ0) is 8.20. The molecule has 0 amide bonds. The molecule has 0 aromatic carbocycles. The fourth-order valence-electron chi connectivity index (χ4n) is 0.342. The molecule has 0 aliphatic carbocycles. The van der Waals surface area contributed by atoms with E-state index in [0.29, 0.717) is 0 Å². The number of hydrogen-bond donors (Lipinski definition) is 0. The van der Waals surface area contributed by atoms with Gasteiger partial charge in [-0.2, -0.15) is 0 Å². The van der Waals surface area contributed by atoms with Gasteiger partial charge in [0, 0.05) is 28.5 Å². The molecule has 0 rings (SSSR count). The van der Waals surface area contributed by atoms with Crippen LogP contribution in [0.2, 0.25) is 0 Å². The van der Waals surface area contributed by atoms with Crippen LogP contribution in [-0.2, 0) is 9.53 Å². The van der Waals surface area contributed by atoms with Crippen LogP contribution < -0.4 is 0 Å². The van der Waals surface area contributed by atoms with E-state index >= 15 is 0 Å². The average molecular weight is 252 g/mol. The third kappa shape index (κ3) is 5.89. The Morgan fingerprint density at radius 2 is 2.00 bits per heavy atom. The van der Waals surface area contributed by atoms with Gasteiger partial charge in [0.1, 0.15) is 5.60 Å². The van der Waals surface area contributed by atoms with Crippen molar-refractivity contribution in [3.05, 3.63) is 0 Å². The van der Waals surface area contributed by atoms with E-state index in [1.165, 1.54) is 0 Å². The molecular formula is C7H9IO2. The van der Waals surface area contributed by atoms with Gasteiger partial charge in [-0.25, -0.2) is 4.79 Å². The van der Waals surface area contributed by atoms with Gasteiger partial charge >= 0.3 is 5.97 Å². The SMILES string of the molecule is CC(C)(C)OC(=O)C#CI. The number of ether oxygens (including phenoxy) is 1. The molecule has 0 fully saturated rings. The van der Waals surface area contributed by atoms with E-state index in [-0.39, 0.29) is 0 Å². The monoisotopic (exact) mass is 252 g/mol. The quantitative estimate of drug-likeness (QED) is 0.373. The van der Waals surface area contributed by atoms with Crippen LogP contribution in [-0.4, -0.2) is 11.6 Å². The lowest BCUT2D eigenvalue weighted by molar-refractivity contribution is -0.147. The van der Waals surface area contributed by atoms with Crippen molar-refractivity contribution in [2.24, 2.45) is 0 Å². The standard InChI is InChI=1S/C7H9IO2/c1-7(2,3)10-6(9)4-5-8/h1-3H3. The third-order valence-corrected chi connectivity index (χ3v) is 0.818. The number of esters is 1. The van der Waals surface area contributed by atoms with Gasteiger partial charge in [-0.1, -0.05) is 0 Å². The van der Waals surface area contributed by atoms with E-state index in [4.69, 9.17) is 4.74 Å². The van der Waals surface area contributed by atoms with Gasteiger partial charge in [0.05, 0.1) is 0 Å². The first kappa shape index (κ1) is 9.76. The summed E-state index contributed by atoms with van der Waals surface area (Å²) in [6, 6.07) is 0. The Bertz CT molecular complexity index is 180. The minimum Gasteiger partial charge on any atom is -0.450 e. The Kier molecular flexibility index (Phi) is 3.72. The van der Waals surface area contributed by atoms with Crippen molar-refractivity contribution in [2.75, 3.05) is 0 Å². The van der Waals surface area contributed by atoms with Crippen molar-refractivity contribution in [3.63, 3.8) is 0 Å². The molecule has 0 saturated heterocycles. The molecule has 10 heavy (non-hydrogen) atoms. The lowest BCUT2D eigenvalue weighted by atomic mass is 10.2. The number of carbonyl (C=O) groups is 1. The van der Waals surface area contributed by atoms with Crippen LogP contribution in [0.4, 0.5) is 0 Å². The Morgan fingerprint density at radius 1 is 1.50 bits per heavy atom. The van der Waals surface area contributed by atoms with E-state index in [0.717, 1.165) is 0 Å². The van der Waals surface area contributed by atoms with Gasteiger partial charge in [-0.15, -0.1) is 0 Å². The molecule has 0 heterocycles. The lowest BCUT2D eigenvalue weighted by Gasteiger charge is -2.16. The van der Waals surface area contributed by atoms with E-state index in [9.17, 15) is 4.79 Å². The van der Waals surface area contributed by atoms with Crippen molar-refractivity contribution in [1.29, 1.82) is 0 Å². The first-order valence-corrected chi connectivity index (χ1v) is 3.88. The fraction of sp³-hybridized carbons (Fsp3) is 0.571. The van der Waals surface area contributed by atoms with Crippen molar-refractivity contribution in [2.45, 2.75) is 26.4 Å². The van der Waals surface area contributed by atoms with E-state index in [1.807, 2.05) is 0 Å². The molecule has 0 spiro atoms. The summed E-state index contributed by atoms with van der Waals surface area (Å²) in [6.07, 6.45) is 0. The second-order valence-corrected chi connectivity index (χ2v) is 3.26. The maximum absolute atomic E-state index is 10.7. The molecule has 0 N–H and O–H groups in total. The molecule has 0 saturated carbocycles. The van der Waals surface area contributed by atoms with Gasteiger partial charge in [-0.3, -0.25) is 0 Å². The van der Waals surface area contributed by atoms with Crippen molar-refractivity contribution >= 4 is 28.6 Å². The number of hydrogen-bond acceptors (Lipinski definition) is 2. The molecule has 3 heteroatoms. The summed E-state index contributed by atoms with van der Waals surface area (Å²) < 4.78 is 7.30. The summed E-state index contributed by atoms with van der Waals surface area (Å²) in [6.45, 7) is 5.42. The third-order valence-electron chi connectivity index (χ3n) is 0.548. The van der Waals surface area contributed by atoms with Gasteiger partial charge in [0.25, 0.3) is 0 Å². The zero-order valence-corrected chi connectivity index (χ0v) is 8.35. The summed E-state index contributed by atoms with van der Waals surface area (Å²) in [4.78, 5) is 10.7. The Labute approximate surface area is 74.5 Å². The second kappa shape index (κ2) is 3.81. The minimum absolute atomic E-state index is 0.433. The minimum atomic E-state index is -0.470. The highest BCUT2D eigenvalue weighted by atomic mass is 127. The summed E-state index contributed by atoms with van der Waals surface area (Å²) in [7, 11) is 0. The fourth-order valence-corrected chi connectivity index (χ4v) is 0.562. The largest absolute Gasteiger partial charge is 0.450 e. The molecule has 0 atom stereocenters. The van der Waals surface area contributed by atoms with Crippen LogP contribution in [0.5, 0.6) is 0 Å². The van der Waals surface area contributed by atoms with Crippen LogP contribution in [0.3, 0.4) is 0 Å². The van der Waals surface area contributed by atoms with Gasteiger partial charge in [0.2, 0.25) is 0 Å². The topological polar surface area (TPSA) is 26.3 Å². The molecule has 0 aromatic heterocycles. The van der Waals surface area contributed by atoms with Gasteiger partial charge in [0.15, 0.2) is 0 Å². The van der Waals surface area contributed by atoms with Crippen LogP contribution in [0, 0.1) is 9.85 Å². The Morgan fingerprint density at radius 3 is 2.30 bits per heavy atom. The van der Waals surface area contributed by atoms with Crippen molar-refractivity contribution < 1.29 is 9.53 Å².